The smallest absolute Gasteiger partial charge is 0.232 e. The summed E-state index contributed by atoms with van der Waals surface area (Å²) in [7, 11) is 0. The Morgan fingerprint density at radius 2 is 2.04 bits per heavy atom. The van der Waals surface area contributed by atoms with Crippen molar-refractivity contribution in [3.63, 3.8) is 0 Å². The zero-order valence-electron chi connectivity index (χ0n) is 15.7. The van der Waals surface area contributed by atoms with E-state index in [1.165, 1.54) is 0 Å². The molecule has 1 unspecified atom stereocenters. The summed E-state index contributed by atoms with van der Waals surface area (Å²) < 4.78 is 11.0. The second kappa shape index (κ2) is 7.83. The van der Waals surface area contributed by atoms with Crippen LogP contribution in [0.1, 0.15) is 58.2 Å². The Labute approximate surface area is 149 Å². The Morgan fingerprint density at radius 3 is 2.72 bits per heavy atom. The molecule has 1 atom stereocenters. The quantitative estimate of drug-likeness (QED) is 0.827. The van der Waals surface area contributed by atoms with Crippen molar-refractivity contribution in [1.82, 2.24) is 19.9 Å². The molecule has 0 spiro atoms. The monoisotopic (exact) mass is 350 g/mol. The molecule has 0 saturated carbocycles. The first-order chi connectivity index (χ1) is 11.9. The van der Waals surface area contributed by atoms with E-state index >= 15 is 0 Å². The van der Waals surface area contributed by atoms with Crippen LogP contribution in [0, 0.1) is 0 Å². The Hall–Kier alpha value is -1.47. The molecule has 1 aromatic rings. The molecule has 1 aromatic heterocycles. The molecule has 7 heteroatoms. The fourth-order valence-corrected chi connectivity index (χ4v) is 3.33. The van der Waals surface area contributed by atoms with E-state index < -0.39 is 0 Å². The lowest BCUT2D eigenvalue weighted by atomic mass is 9.97. The molecule has 0 bridgehead atoms. The van der Waals surface area contributed by atoms with Crippen LogP contribution in [0.15, 0.2) is 4.52 Å². The predicted octanol–water partition coefficient (Wildman–Crippen LogP) is 1.97. The summed E-state index contributed by atoms with van der Waals surface area (Å²) >= 11 is 0. The van der Waals surface area contributed by atoms with Gasteiger partial charge in [0.25, 0.3) is 0 Å². The number of amides is 1. The lowest BCUT2D eigenvalue weighted by Crippen LogP contribution is -2.36. The van der Waals surface area contributed by atoms with Crippen molar-refractivity contribution in [2.24, 2.45) is 0 Å². The van der Waals surface area contributed by atoms with Crippen molar-refractivity contribution in [2.45, 2.75) is 64.5 Å². The number of rotatable bonds is 4. The summed E-state index contributed by atoms with van der Waals surface area (Å²) in [5.41, 5.74) is -0.129. The zero-order chi connectivity index (χ0) is 17.9. The van der Waals surface area contributed by atoms with Gasteiger partial charge in [-0.1, -0.05) is 25.9 Å². The number of carbonyl (C=O) groups excluding carboxylic acids is 1. The lowest BCUT2D eigenvalue weighted by Gasteiger charge is -2.22. The predicted molar refractivity (Wildman–Crippen MR) is 93.1 cm³/mol. The zero-order valence-corrected chi connectivity index (χ0v) is 15.7. The largest absolute Gasteiger partial charge is 0.378 e. The second-order valence-electron chi connectivity index (χ2n) is 8.12. The van der Waals surface area contributed by atoms with Gasteiger partial charge in [0.15, 0.2) is 5.82 Å². The van der Waals surface area contributed by atoms with Crippen LogP contribution < -0.4 is 0 Å². The van der Waals surface area contributed by atoms with Gasteiger partial charge in [0.1, 0.15) is 0 Å². The molecule has 2 fully saturated rings. The Morgan fingerprint density at radius 1 is 1.20 bits per heavy atom. The number of hydrogen-bond acceptors (Lipinski definition) is 6. The summed E-state index contributed by atoms with van der Waals surface area (Å²) in [5.74, 6) is 1.62. The standard InChI is InChI=1S/C18H30N4O3/c1-18(2,3)17-19-15(20-25-17)13-21-7-5-8-22(10-9-21)16(23)12-14-6-4-11-24-14/h14H,4-13H2,1-3H3. The molecule has 0 aromatic carbocycles. The number of nitrogens with zero attached hydrogens (tertiary/aromatic N) is 4. The van der Waals surface area contributed by atoms with Crippen LogP contribution >= 0.6 is 0 Å². The van der Waals surface area contributed by atoms with Crippen LogP contribution in [0.2, 0.25) is 0 Å². The summed E-state index contributed by atoms with van der Waals surface area (Å²) in [6, 6.07) is 0. The maximum atomic E-state index is 12.5. The number of ether oxygens (including phenoxy) is 1. The van der Waals surface area contributed by atoms with Crippen molar-refractivity contribution in [1.29, 1.82) is 0 Å². The minimum absolute atomic E-state index is 0.127. The molecule has 2 saturated heterocycles. The van der Waals surface area contributed by atoms with Crippen LogP contribution in [0.25, 0.3) is 0 Å². The van der Waals surface area contributed by atoms with Crippen molar-refractivity contribution in [3.05, 3.63) is 11.7 Å². The molecule has 1 amide bonds. The molecular weight excluding hydrogens is 320 g/mol. The van der Waals surface area contributed by atoms with E-state index in [2.05, 4.69) is 35.8 Å². The molecule has 2 aliphatic rings. The number of aromatic nitrogens is 2. The number of carbonyl (C=O) groups is 1. The highest BCUT2D eigenvalue weighted by Crippen LogP contribution is 2.20. The molecule has 2 aliphatic heterocycles. The van der Waals surface area contributed by atoms with Gasteiger partial charge in [-0.2, -0.15) is 4.98 Å². The molecule has 25 heavy (non-hydrogen) atoms. The van der Waals surface area contributed by atoms with Gasteiger partial charge in [0, 0.05) is 38.2 Å². The summed E-state index contributed by atoms with van der Waals surface area (Å²) in [6.45, 7) is 11.0. The van der Waals surface area contributed by atoms with Crippen molar-refractivity contribution in [3.8, 4) is 0 Å². The minimum Gasteiger partial charge on any atom is -0.378 e. The highest BCUT2D eigenvalue weighted by molar-refractivity contribution is 5.76. The molecule has 0 radical (unpaired) electrons. The maximum absolute atomic E-state index is 12.5. The summed E-state index contributed by atoms with van der Waals surface area (Å²) in [4.78, 5) is 21.3. The Kier molecular flexibility index (Phi) is 5.74. The highest BCUT2D eigenvalue weighted by atomic mass is 16.5. The van der Waals surface area contributed by atoms with Crippen LogP contribution in [0.4, 0.5) is 0 Å². The fourth-order valence-electron chi connectivity index (χ4n) is 3.33. The highest BCUT2D eigenvalue weighted by Gasteiger charge is 2.26. The average molecular weight is 350 g/mol. The summed E-state index contributed by atoms with van der Waals surface area (Å²) in [5, 5.41) is 4.11. The maximum Gasteiger partial charge on any atom is 0.232 e. The van der Waals surface area contributed by atoms with Crippen LogP contribution in [-0.4, -0.2) is 64.7 Å². The minimum atomic E-state index is -0.129. The summed E-state index contributed by atoms with van der Waals surface area (Å²) in [6.07, 6.45) is 3.72. The molecule has 3 rings (SSSR count). The third-order valence-corrected chi connectivity index (χ3v) is 4.84. The van der Waals surface area contributed by atoms with Crippen LogP contribution in [0.5, 0.6) is 0 Å². The molecular formula is C18H30N4O3. The van der Waals surface area contributed by atoms with Gasteiger partial charge in [0.2, 0.25) is 11.8 Å². The van der Waals surface area contributed by atoms with Crippen molar-refractivity contribution < 1.29 is 14.1 Å². The van der Waals surface area contributed by atoms with E-state index in [4.69, 9.17) is 9.26 Å². The van der Waals surface area contributed by atoms with E-state index in [1.54, 1.807) is 0 Å². The van der Waals surface area contributed by atoms with E-state index in [0.717, 1.165) is 57.9 Å². The van der Waals surface area contributed by atoms with Gasteiger partial charge in [-0.3, -0.25) is 9.69 Å². The Bertz CT molecular complexity index is 575. The normalized spacial score (nSPS) is 23.0. The van der Waals surface area contributed by atoms with Crippen molar-refractivity contribution >= 4 is 5.91 Å². The first kappa shape index (κ1) is 18.3. The molecule has 7 nitrogen and oxygen atoms in total. The third kappa shape index (κ3) is 5.01. The van der Waals surface area contributed by atoms with E-state index in [-0.39, 0.29) is 17.4 Å². The van der Waals surface area contributed by atoms with Gasteiger partial charge in [-0.25, -0.2) is 0 Å². The fraction of sp³-hybridized carbons (Fsp3) is 0.833. The van der Waals surface area contributed by atoms with E-state index in [0.29, 0.717) is 18.9 Å². The van der Waals surface area contributed by atoms with Gasteiger partial charge in [-0.05, 0) is 19.3 Å². The average Bonchev–Trinajstić information content (AvgIpc) is 3.16. The topological polar surface area (TPSA) is 71.7 Å². The van der Waals surface area contributed by atoms with Crippen LogP contribution in [0.3, 0.4) is 0 Å². The van der Waals surface area contributed by atoms with Gasteiger partial charge in [-0.15, -0.1) is 0 Å². The number of hydrogen-bond donors (Lipinski definition) is 0. The first-order valence-corrected chi connectivity index (χ1v) is 9.36. The first-order valence-electron chi connectivity index (χ1n) is 9.36. The van der Waals surface area contributed by atoms with Crippen LogP contribution in [-0.2, 0) is 21.5 Å². The van der Waals surface area contributed by atoms with Crippen molar-refractivity contribution in [2.75, 3.05) is 32.8 Å². The molecule has 140 valence electrons. The third-order valence-electron chi connectivity index (χ3n) is 4.84. The van der Waals surface area contributed by atoms with Gasteiger partial charge in [0.05, 0.1) is 19.1 Å². The lowest BCUT2D eigenvalue weighted by molar-refractivity contribution is -0.133. The molecule has 0 N–H and O–H groups in total. The molecule has 0 aliphatic carbocycles. The van der Waals surface area contributed by atoms with Gasteiger partial charge < -0.3 is 14.2 Å². The second-order valence-corrected chi connectivity index (χ2v) is 8.12. The van der Waals surface area contributed by atoms with E-state index in [1.807, 2.05) is 4.90 Å². The van der Waals surface area contributed by atoms with Gasteiger partial charge >= 0.3 is 0 Å². The Balaban J connectivity index is 1.49. The van der Waals surface area contributed by atoms with E-state index in [9.17, 15) is 4.79 Å². The SMILES string of the molecule is CC(C)(C)c1nc(CN2CCCN(C(=O)CC3CCCO3)CC2)no1. The molecule has 3 heterocycles.